The number of nitrogens with zero attached hydrogens (tertiary/aromatic N) is 5. The molecule has 0 radical (unpaired) electrons. The van der Waals surface area contributed by atoms with Crippen LogP contribution in [-0.4, -0.2) is 24.7 Å². The van der Waals surface area contributed by atoms with E-state index in [1.165, 1.54) is 33.4 Å². The number of hydrogen-bond donors (Lipinski definition) is 0. The topological polar surface area (TPSA) is 56.5 Å². The van der Waals surface area contributed by atoms with Gasteiger partial charge in [0, 0.05) is 40.8 Å². The molecule has 63 heavy (non-hydrogen) atoms. The average Bonchev–Trinajstić information content (AvgIpc) is 3.87. The van der Waals surface area contributed by atoms with E-state index in [1.54, 1.807) is 0 Å². The predicted molar refractivity (Wildman–Crippen MR) is 257 cm³/mol. The van der Waals surface area contributed by atoms with Gasteiger partial charge in [-0.25, -0.2) is 4.68 Å². The van der Waals surface area contributed by atoms with Crippen molar-refractivity contribution in [1.29, 1.82) is 0 Å². The van der Waals surface area contributed by atoms with Crippen LogP contribution in [0.3, 0.4) is 0 Å². The van der Waals surface area contributed by atoms with Gasteiger partial charge in [0.1, 0.15) is 0 Å². The molecule has 0 amide bonds. The Balaban J connectivity index is 0.995. The van der Waals surface area contributed by atoms with Crippen molar-refractivity contribution >= 4 is 0 Å². The predicted octanol–water partition coefficient (Wildman–Crippen LogP) is 13.6. The van der Waals surface area contributed by atoms with Crippen LogP contribution in [0.25, 0.3) is 73.0 Å². The van der Waals surface area contributed by atoms with Crippen molar-refractivity contribution in [1.82, 2.24) is 24.7 Å². The Labute approximate surface area is 369 Å². The molecule has 10 aromatic rings. The first kappa shape index (κ1) is 39.1. The summed E-state index contributed by atoms with van der Waals surface area (Å²) < 4.78 is 2.12. The fraction of sp³-hybridized carbons (Fsp3) is 0.0690. The lowest BCUT2D eigenvalue weighted by atomic mass is 9.93. The maximum atomic E-state index is 5.02. The van der Waals surface area contributed by atoms with Gasteiger partial charge in [0.05, 0.1) is 34.7 Å². The van der Waals surface area contributed by atoms with E-state index in [9.17, 15) is 0 Å². The molecule has 4 aromatic heterocycles. The molecule has 4 heterocycles. The molecular formula is C58H45N5. The van der Waals surface area contributed by atoms with Gasteiger partial charge in [-0.2, -0.15) is 5.10 Å². The molecule has 0 aliphatic heterocycles. The SMILES string of the molecule is c1ccc(-c2ccc(-c3cc(-c4ccccn4)ccc3-c3ccnn3-c3cc(CCc4ccc(-c5ccccn5)cc4)cc(CCc4ccc(-c5ccccn5)cc4)c3)cc2)cc1. The summed E-state index contributed by atoms with van der Waals surface area (Å²) in [7, 11) is 0. The molecule has 0 spiro atoms. The number of aryl methyl sites for hydroxylation is 4. The van der Waals surface area contributed by atoms with E-state index < -0.39 is 0 Å². The monoisotopic (exact) mass is 811 g/mol. The number of aromatic nitrogens is 5. The molecule has 0 aliphatic carbocycles. The van der Waals surface area contributed by atoms with E-state index in [1.807, 2.05) is 61.2 Å². The first-order chi connectivity index (χ1) is 31.2. The molecule has 5 nitrogen and oxygen atoms in total. The molecule has 0 saturated carbocycles. The first-order valence-electron chi connectivity index (χ1n) is 21.6. The summed E-state index contributed by atoms with van der Waals surface area (Å²) in [6.45, 7) is 0. The average molecular weight is 812 g/mol. The highest BCUT2D eigenvalue weighted by Gasteiger charge is 2.17. The summed E-state index contributed by atoms with van der Waals surface area (Å²) in [6, 6.07) is 71.1. The second-order valence-corrected chi connectivity index (χ2v) is 15.9. The lowest BCUT2D eigenvalue weighted by molar-refractivity contribution is 0.868. The van der Waals surface area contributed by atoms with Crippen LogP contribution in [0.2, 0.25) is 0 Å². The van der Waals surface area contributed by atoms with Crippen LogP contribution in [0.1, 0.15) is 22.3 Å². The summed E-state index contributed by atoms with van der Waals surface area (Å²) in [5.74, 6) is 0. The number of pyridine rings is 3. The van der Waals surface area contributed by atoms with Crippen LogP contribution < -0.4 is 0 Å². The third-order valence-corrected chi connectivity index (χ3v) is 11.7. The zero-order valence-corrected chi connectivity index (χ0v) is 34.9. The molecule has 5 heteroatoms. The lowest BCUT2D eigenvalue weighted by Crippen LogP contribution is -2.04. The van der Waals surface area contributed by atoms with Crippen LogP contribution >= 0.6 is 0 Å². The number of hydrogen-bond acceptors (Lipinski definition) is 4. The molecule has 0 fully saturated rings. The normalized spacial score (nSPS) is 11.1. The molecule has 0 unspecified atom stereocenters. The van der Waals surface area contributed by atoms with Gasteiger partial charge in [0.15, 0.2) is 0 Å². The first-order valence-corrected chi connectivity index (χ1v) is 21.6. The quantitative estimate of drug-likeness (QED) is 0.116. The van der Waals surface area contributed by atoms with Gasteiger partial charge < -0.3 is 0 Å². The van der Waals surface area contributed by atoms with E-state index >= 15 is 0 Å². The van der Waals surface area contributed by atoms with Crippen molar-refractivity contribution < 1.29 is 0 Å². The van der Waals surface area contributed by atoms with Crippen molar-refractivity contribution in [2.24, 2.45) is 0 Å². The van der Waals surface area contributed by atoms with E-state index in [-0.39, 0.29) is 0 Å². The van der Waals surface area contributed by atoms with E-state index in [4.69, 9.17) is 10.1 Å². The fourth-order valence-electron chi connectivity index (χ4n) is 8.37. The van der Waals surface area contributed by atoms with Gasteiger partial charge >= 0.3 is 0 Å². The molecule has 0 bridgehead atoms. The minimum absolute atomic E-state index is 0.900. The van der Waals surface area contributed by atoms with Crippen LogP contribution in [0.15, 0.2) is 225 Å². The smallest absolute Gasteiger partial charge is 0.0747 e. The van der Waals surface area contributed by atoms with Crippen LogP contribution in [-0.2, 0) is 25.7 Å². The molecule has 6 aromatic carbocycles. The highest BCUT2D eigenvalue weighted by atomic mass is 15.3. The van der Waals surface area contributed by atoms with Gasteiger partial charge in [0.25, 0.3) is 0 Å². The molecule has 0 saturated heterocycles. The summed E-state index contributed by atoms with van der Waals surface area (Å²) in [4.78, 5) is 13.8. The minimum atomic E-state index is 0.900. The Morgan fingerprint density at radius 3 is 1.30 bits per heavy atom. The van der Waals surface area contributed by atoms with Crippen LogP contribution in [0.5, 0.6) is 0 Å². The van der Waals surface area contributed by atoms with Crippen molar-refractivity contribution in [3.63, 3.8) is 0 Å². The zero-order valence-electron chi connectivity index (χ0n) is 34.9. The molecule has 0 N–H and O–H groups in total. The molecule has 302 valence electrons. The minimum Gasteiger partial charge on any atom is -0.256 e. The lowest BCUT2D eigenvalue weighted by Gasteiger charge is -2.16. The van der Waals surface area contributed by atoms with Gasteiger partial charge in [-0.05, 0) is 131 Å². The Hall–Kier alpha value is -8.02. The Bertz CT molecular complexity index is 2950. The Morgan fingerprint density at radius 2 is 0.762 bits per heavy atom. The Morgan fingerprint density at radius 1 is 0.302 bits per heavy atom. The third kappa shape index (κ3) is 9.05. The zero-order chi connectivity index (χ0) is 42.2. The summed E-state index contributed by atoms with van der Waals surface area (Å²) in [6.07, 6.45) is 11.1. The van der Waals surface area contributed by atoms with E-state index in [2.05, 4.69) is 178 Å². The maximum Gasteiger partial charge on any atom is 0.0747 e. The second-order valence-electron chi connectivity index (χ2n) is 15.9. The van der Waals surface area contributed by atoms with Gasteiger partial charge in [-0.15, -0.1) is 0 Å². The summed E-state index contributed by atoms with van der Waals surface area (Å²) >= 11 is 0. The third-order valence-electron chi connectivity index (χ3n) is 11.7. The van der Waals surface area contributed by atoms with E-state index in [0.29, 0.717) is 0 Å². The van der Waals surface area contributed by atoms with E-state index in [0.717, 1.165) is 87.5 Å². The largest absolute Gasteiger partial charge is 0.256 e. The molecule has 0 atom stereocenters. The highest BCUT2D eigenvalue weighted by Crippen LogP contribution is 2.37. The maximum absolute atomic E-state index is 5.02. The number of benzene rings is 6. The standard InChI is InChI=1S/C58H45N5/c1-2-10-46(11-3-1)47-27-29-48(30-28-47)54-41-51(57-14-6-9-36-61-57)31-32-53(54)58-33-37-62-63(58)52-39-44(17-15-42-19-23-49(24-20-42)55-12-4-7-34-59-55)38-45(40-52)18-16-43-21-25-50(26-22-43)56-13-5-8-35-60-56/h1-14,19-41H,15-18H2. The van der Waals surface area contributed by atoms with Crippen molar-refractivity contribution in [2.45, 2.75) is 25.7 Å². The van der Waals surface area contributed by atoms with Gasteiger partial charge in [-0.1, -0.05) is 140 Å². The Kier molecular flexibility index (Phi) is 11.4. The second kappa shape index (κ2) is 18.3. The summed E-state index contributed by atoms with van der Waals surface area (Å²) in [5.41, 5.74) is 19.2. The summed E-state index contributed by atoms with van der Waals surface area (Å²) in [5, 5.41) is 5.02. The highest BCUT2D eigenvalue weighted by molar-refractivity contribution is 5.87. The molecule has 10 rings (SSSR count). The molecular weight excluding hydrogens is 767 g/mol. The van der Waals surface area contributed by atoms with Crippen molar-refractivity contribution in [3.05, 3.63) is 247 Å². The van der Waals surface area contributed by atoms with Gasteiger partial charge in [0.2, 0.25) is 0 Å². The van der Waals surface area contributed by atoms with Crippen molar-refractivity contribution in [2.75, 3.05) is 0 Å². The van der Waals surface area contributed by atoms with Gasteiger partial charge in [-0.3, -0.25) is 15.0 Å². The fourth-order valence-corrected chi connectivity index (χ4v) is 8.37. The van der Waals surface area contributed by atoms with Crippen LogP contribution in [0, 0.1) is 0 Å². The molecule has 0 aliphatic rings. The van der Waals surface area contributed by atoms with Crippen molar-refractivity contribution in [3.8, 4) is 73.0 Å². The van der Waals surface area contributed by atoms with Crippen LogP contribution in [0.4, 0.5) is 0 Å². The number of rotatable bonds is 13.